The van der Waals surface area contributed by atoms with Crippen LogP contribution in [0, 0.1) is 24.1 Å². The number of aryl methyl sites for hydroxylation is 1. The van der Waals surface area contributed by atoms with Crippen LogP contribution in [0.1, 0.15) is 63.6 Å². The topological polar surface area (TPSA) is 12.0 Å². The molecule has 1 aliphatic carbocycles. The molecule has 1 saturated carbocycles. The highest BCUT2D eigenvalue weighted by atomic mass is 19.1. The predicted molar refractivity (Wildman–Crippen MR) is 83.3 cm³/mol. The molecule has 1 aromatic carbocycles. The summed E-state index contributed by atoms with van der Waals surface area (Å²) in [6.45, 7) is 9.77. The average Bonchev–Trinajstić information content (AvgIpc) is 2.35. The lowest BCUT2D eigenvalue weighted by atomic mass is 9.64. The summed E-state index contributed by atoms with van der Waals surface area (Å²) in [7, 11) is 0. The van der Waals surface area contributed by atoms with Crippen LogP contribution in [-0.2, 0) is 0 Å². The third-order valence-electron chi connectivity index (χ3n) is 4.84. The average molecular weight is 277 g/mol. The highest BCUT2D eigenvalue weighted by Crippen LogP contribution is 2.46. The number of benzene rings is 1. The summed E-state index contributed by atoms with van der Waals surface area (Å²) < 4.78 is 13.8. The second-order valence-electron chi connectivity index (χ2n) is 6.94. The largest absolute Gasteiger partial charge is 0.310 e. The first-order valence-corrected chi connectivity index (χ1v) is 7.94. The zero-order valence-electron chi connectivity index (χ0n) is 13.3. The predicted octanol–water partition coefficient (Wildman–Crippen LogP) is 5.00. The van der Waals surface area contributed by atoms with Gasteiger partial charge in [-0.25, -0.2) is 4.39 Å². The van der Waals surface area contributed by atoms with Crippen molar-refractivity contribution in [1.82, 2.24) is 5.32 Å². The molecular weight excluding hydrogens is 249 g/mol. The second kappa shape index (κ2) is 6.26. The summed E-state index contributed by atoms with van der Waals surface area (Å²) in [6, 6.07) is 5.73. The molecule has 20 heavy (non-hydrogen) atoms. The molecule has 1 fully saturated rings. The number of hydrogen-bond acceptors (Lipinski definition) is 1. The molecule has 0 bridgehead atoms. The van der Waals surface area contributed by atoms with Crippen molar-refractivity contribution in [2.45, 2.75) is 59.4 Å². The van der Waals surface area contributed by atoms with Gasteiger partial charge in [-0.2, -0.15) is 0 Å². The van der Waals surface area contributed by atoms with Crippen LogP contribution in [0.3, 0.4) is 0 Å². The number of halogens is 1. The minimum Gasteiger partial charge on any atom is -0.310 e. The quantitative estimate of drug-likeness (QED) is 0.816. The van der Waals surface area contributed by atoms with E-state index in [0.29, 0.717) is 11.3 Å². The fourth-order valence-electron chi connectivity index (χ4n) is 3.80. The smallest absolute Gasteiger partial charge is 0.123 e. The minimum atomic E-state index is -0.114. The lowest BCUT2D eigenvalue weighted by Gasteiger charge is -2.44. The van der Waals surface area contributed by atoms with Crippen molar-refractivity contribution < 1.29 is 4.39 Å². The van der Waals surface area contributed by atoms with Crippen molar-refractivity contribution in [3.8, 4) is 0 Å². The van der Waals surface area contributed by atoms with E-state index < -0.39 is 0 Å². The van der Waals surface area contributed by atoms with Crippen molar-refractivity contribution in [2.24, 2.45) is 11.3 Å². The molecule has 0 spiro atoms. The van der Waals surface area contributed by atoms with Crippen molar-refractivity contribution in [3.63, 3.8) is 0 Å². The normalized spacial score (nSPS) is 23.6. The highest BCUT2D eigenvalue weighted by Gasteiger charge is 2.37. The zero-order chi connectivity index (χ0) is 14.8. The van der Waals surface area contributed by atoms with E-state index in [1.807, 2.05) is 6.92 Å². The van der Waals surface area contributed by atoms with Crippen molar-refractivity contribution >= 4 is 0 Å². The monoisotopic (exact) mass is 277 g/mol. The Morgan fingerprint density at radius 1 is 1.30 bits per heavy atom. The van der Waals surface area contributed by atoms with Gasteiger partial charge in [-0.05, 0) is 60.9 Å². The molecule has 2 heteroatoms. The van der Waals surface area contributed by atoms with Crippen LogP contribution in [0.5, 0.6) is 0 Å². The van der Waals surface area contributed by atoms with Gasteiger partial charge in [-0.15, -0.1) is 0 Å². The number of hydrogen-bond donors (Lipinski definition) is 1. The van der Waals surface area contributed by atoms with E-state index in [9.17, 15) is 4.39 Å². The van der Waals surface area contributed by atoms with Crippen LogP contribution in [-0.4, -0.2) is 6.54 Å². The van der Waals surface area contributed by atoms with Gasteiger partial charge in [0, 0.05) is 6.04 Å². The summed E-state index contributed by atoms with van der Waals surface area (Å²) in [5, 5.41) is 3.61. The third-order valence-corrected chi connectivity index (χ3v) is 4.84. The Bertz CT molecular complexity index is 432. The maximum absolute atomic E-state index is 13.8. The van der Waals surface area contributed by atoms with Crippen LogP contribution < -0.4 is 5.32 Å². The molecule has 0 radical (unpaired) electrons. The van der Waals surface area contributed by atoms with E-state index in [1.165, 1.54) is 25.7 Å². The van der Waals surface area contributed by atoms with Gasteiger partial charge < -0.3 is 5.32 Å². The Labute approximate surface area is 123 Å². The second-order valence-corrected chi connectivity index (χ2v) is 6.94. The maximum Gasteiger partial charge on any atom is 0.123 e. The van der Waals surface area contributed by atoms with E-state index in [4.69, 9.17) is 0 Å². The molecular formula is C18H28FN. The molecule has 0 amide bonds. The lowest BCUT2D eigenvalue weighted by molar-refractivity contribution is 0.0987. The zero-order valence-corrected chi connectivity index (χ0v) is 13.3. The first-order chi connectivity index (χ1) is 9.44. The lowest BCUT2D eigenvalue weighted by Crippen LogP contribution is -2.39. The Balaban J connectivity index is 2.34. The number of rotatable bonds is 4. The maximum atomic E-state index is 13.8. The van der Waals surface area contributed by atoms with E-state index in [1.54, 1.807) is 12.1 Å². The molecule has 2 atom stereocenters. The van der Waals surface area contributed by atoms with Crippen molar-refractivity contribution in [3.05, 3.63) is 35.1 Å². The molecule has 0 aromatic heterocycles. The van der Waals surface area contributed by atoms with Gasteiger partial charge in [0.1, 0.15) is 5.82 Å². The molecule has 1 nitrogen and oxygen atoms in total. The Kier molecular flexibility index (Phi) is 4.85. The van der Waals surface area contributed by atoms with E-state index in [0.717, 1.165) is 17.7 Å². The number of nitrogens with one attached hydrogen (secondary N) is 1. The summed E-state index contributed by atoms with van der Waals surface area (Å²) in [4.78, 5) is 0. The van der Waals surface area contributed by atoms with E-state index in [-0.39, 0.29) is 11.9 Å². The van der Waals surface area contributed by atoms with Gasteiger partial charge >= 0.3 is 0 Å². The summed E-state index contributed by atoms with van der Waals surface area (Å²) in [6.07, 6.45) is 5.13. The molecule has 1 aromatic rings. The van der Waals surface area contributed by atoms with Crippen LogP contribution in [0.15, 0.2) is 18.2 Å². The molecule has 1 aliphatic rings. The highest BCUT2D eigenvalue weighted by molar-refractivity contribution is 5.27. The van der Waals surface area contributed by atoms with E-state index in [2.05, 4.69) is 32.2 Å². The van der Waals surface area contributed by atoms with Crippen molar-refractivity contribution in [2.75, 3.05) is 6.54 Å². The Morgan fingerprint density at radius 3 is 2.65 bits per heavy atom. The molecule has 0 aliphatic heterocycles. The van der Waals surface area contributed by atoms with Gasteiger partial charge in [-0.1, -0.05) is 39.7 Å². The summed E-state index contributed by atoms with van der Waals surface area (Å²) in [5.41, 5.74) is 2.45. The molecule has 112 valence electrons. The van der Waals surface area contributed by atoms with Crippen LogP contribution in [0.4, 0.5) is 4.39 Å². The van der Waals surface area contributed by atoms with Gasteiger partial charge in [0.15, 0.2) is 0 Å². The molecule has 0 heterocycles. The van der Waals surface area contributed by atoms with Gasteiger partial charge in [-0.3, -0.25) is 0 Å². The molecule has 2 rings (SSSR count). The van der Waals surface area contributed by atoms with E-state index >= 15 is 0 Å². The van der Waals surface area contributed by atoms with Gasteiger partial charge in [0.25, 0.3) is 0 Å². The first kappa shape index (κ1) is 15.5. The van der Waals surface area contributed by atoms with Gasteiger partial charge in [0.2, 0.25) is 0 Å². The van der Waals surface area contributed by atoms with Gasteiger partial charge in [0.05, 0.1) is 0 Å². The van der Waals surface area contributed by atoms with Crippen LogP contribution in [0.2, 0.25) is 0 Å². The first-order valence-electron chi connectivity index (χ1n) is 7.94. The standard InChI is InChI=1S/C18H28FN/c1-5-20-17(14-10-13(2)11-15(19)12-14)16-8-6-7-9-18(16,3)4/h10-12,16-17,20H,5-9H2,1-4H3. The molecule has 1 N–H and O–H groups in total. The third kappa shape index (κ3) is 3.41. The van der Waals surface area contributed by atoms with Crippen LogP contribution >= 0.6 is 0 Å². The Morgan fingerprint density at radius 2 is 2.05 bits per heavy atom. The fourth-order valence-corrected chi connectivity index (χ4v) is 3.80. The fraction of sp³-hybridized carbons (Fsp3) is 0.667. The summed E-state index contributed by atoms with van der Waals surface area (Å²) in [5.74, 6) is 0.467. The van der Waals surface area contributed by atoms with Crippen molar-refractivity contribution in [1.29, 1.82) is 0 Å². The molecule has 2 unspecified atom stereocenters. The molecule has 0 saturated heterocycles. The summed E-state index contributed by atoms with van der Waals surface area (Å²) >= 11 is 0. The van der Waals surface area contributed by atoms with Crippen LogP contribution in [0.25, 0.3) is 0 Å². The Hall–Kier alpha value is -0.890. The minimum absolute atomic E-state index is 0.114. The SMILES string of the molecule is CCNC(c1cc(C)cc(F)c1)C1CCCCC1(C)C.